The molecule has 0 aliphatic heterocycles. The molecule has 0 aromatic heterocycles. The Morgan fingerprint density at radius 2 is 2.00 bits per heavy atom. The lowest BCUT2D eigenvalue weighted by atomic mass is 10.2. The van der Waals surface area contributed by atoms with Crippen molar-refractivity contribution in [2.24, 2.45) is 0 Å². The minimum Gasteiger partial charge on any atom is -0.479 e. The summed E-state index contributed by atoms with van der Waals surface area (Å²) >= 11 is 0. The smallest absolute Gasteiger partial charge is 0.335 e. The van der Waals surface area contributed by atoms with Gasteiger partial charge in [0.25, 0.3) is 0 Å². The number of carbonyl (C=O) groups is 1. The van der Waals surface area contributed by atoms with Gasteiger partial charge in [0.1, 0.15) is 0 Å². The summed E-state index contributed by atoms with van der Waals surface area (Å²) in [6, 6.07) is 0. The van der Waals surface area contributed by atoms with Gasteiger partial charge in [0.05, 0.1) is 12.2 Å². The van der Waals surface area contributed by atoms with Gasteiger partial charge in [0.15, 0.2) is 6.10 Å². The molecule has 2 N–H and O–H groups in total. The lowest BCUT2D eigenvalue weighted by molar-refractivity contribution is -0.163. The maximum Gasteiger partial charge on any atom is 0.335 e. The second-order valence-electron chi connectivity index (χ2n) is 3.24. The van der Waals surface area contributed by atoms with Crippen LogP contribution >= 0.6 is 0 Å². The summed E-state index contributed by atoms with van der Waals surface area (Å²) in [6.45, 7) is 4.71. The Morgan fingerprint density at radius 3 is 2.09 bits per heavy atom. The largest absolute Gasteiger partial charge is 0.479 e. The number of ether oxygens (including phenoxy) is 1. The van der Waals surface area contributed by atoms with Crippen LogP contribution in [0.2, 0.25) is 0 Å². The summed E-state index contributed by atoms with van der Waals surface area (Å²) in [5, 5.41) is 17.0. The standard InChI is InChI=1S/C7H14O4/c1-7(2,3)11-5(4-8)6(9)10/h5,8H,4H2,1-3H3,(H,9,10)/t5-/m1/s1. The van der Waals surface area contributed by atoms with Crippen molar-refractivity contribution < 1.29 is 19.7 Å². The third kappa shape index (κ3) is 4.75. The van der Waals surface area contributed by atoms with Gasteiger partial charge in [-0.1, -0.05) is 0 Å². The van der Waals surface area contributed by atoms with Crippen LogP contribution in [0.3, 0.4) is 0 Å². The van der Waals surface area contributed by atoms with E-state index in [2.05, 4.69) is 0 Å². The molecular weight excluding hydrogens is 148 g/mol. The van der Waals surface area contributed by atoms with Gasteiger partial charge in [-0.05, 0) is 20.8 Å². The normalized spacial score (nSPS) is 14.5. The van der Waals surface area contributed by atoms with Crippen LogP contribution in [-0.4, -0.2) is 34.5 Å². The number of hydrogen-bond donors (Lipinski definition) is 2. The van der Waals surface area contributed by atoms with Crippen molar-refractivity contribution in [1.82, 2.24) is 0 Å². The second kappa shape index (κ2) is 3.69. The summed E-state index contributed by atoms with van der Waals surface area (Å²) < 4.78 is 5.00. The first-order chi connectivity index (χ1) is 4.87. The Balaban J connectivity index is 3.99. The summed E-state index contributed by atoms with van der Waals surface area (Å²) in [5.41, 5.74) is -0.536. The minimum atomic E-state index is -1.14. The first kappa shape index (κ1) is 10.4. The average molecular weight is 162 g/mol. The second-order valence-corrected chi connectivity index (χ2v) is 3.24. The zero-order valence-electron chi connectivity index (χ0n) is 7.00. The van der Waals surface area contributed by atoms with Crippen LogP contribution in [0.1, 0.15) is 20.8 Å². The van der Waals surface area contributed by atoms with Crippen LogP contribution < -0.4 is 0 Å². The topological polar surface area (TPSA) is 66.8 Å². The third-order valence-corrected chi connectivity index (χ3v) is 0.937. The molecule has 1 atom stereocenters. The van der Waals surface area contributed by atoms with Gasteiger partial charge < -0.3 is 14.9 Å². The quantitative estimate of drug-likeness (QED) is 0.624. The Kier molecular flexibility index (Phi) is 3.48. The van der Waals surface area contributed by atoms with Gasteiger partial charge in [-0.15, -0.1) is 0 Å². The van der Waals surface area contributed by atoms with E-state index in [1.165, 1.54) is 0 Å². The maximum absolute atomic E-state index is 10.3. The van der Waals surface area contributed by atoms with Crippen molar-refractivity contribution in [2.45, 2.75) is 32.5 Å². The van der Waals surface area contributed by atoms with E-state index in [0.717, 1.165) is 0 Å². The van der Waals surface area contributed by atoms with Crippen molar-refractivity contribution in [3.05, 3.63) is 0 Å². The summed E-state index contributed by atoms with van der Waals surface area (Å²) in [5.74, 6) is -1.14. The van der Waals surface area contributed by atoms with Crippen molar-refractivity contribution in [3.8, 4) is 0 Å². The molecule has 4 nitrogen and oxygen atoms in total. The average Bonchev–Trinajstić information content (AvgIpc) is 1.80. The van der Waals surface area contributed by atoms with Crippen LogP contribution in [0.4, 0.5) is 0 Å². The van der Waals surface area contributed by atoms with Crippen LogP contribution in [-0.2, 0) is 9.53 Å². The molecule has 0 aliphatic rings. The molecule has 0 heterocycles. The molecule has 0 unspecified atom stereocenters. The van der Waals surface area contributed by atoms with Gasteiger partial charge in [-0.2, -0.15) is 0 Å². The van der Waals surface area contributed by atoms with E-state index < -0.39 is 24.3 Å². The highest BCUT2D eigenvalue weighted by molar-refractivity contribution is 5.72. The molecule has 0 aliphatic carbocycles. The van der Waals surface area contributed by atoms with E-state index in [9.17, 15) is 4.79 Å². The molecule has 66 valence electrons. The SMILES string of the molecule is CC(C)(C)O[C@H](CO)C(=O)O. The summed E-state index contributed by atoms with van der Waals surface area (Å²) in [7, 11) is 0. The first-order valence-electron chi connectivity index (χ1n) is 3.38. The highest BCUT2D eigenvalue weighted by atomic mass is 16.5. The Labute approximate surface area is 65.8 Å². The Morgan fingerprint density at radius 1 is 1.55 bits per heavy atom. The lowest BCUT2D eigenvalue weighted by Gasteiger charge is -2.23. The zero-order chi connectivity index (χ0) is 9.07. The number of aliphatic hydroxyl groups excluding tert-OH is 1. The van der Waals surface area contributed by atoms with E-state index in [4.69, 9.17) is 14.9 Å². The molecule has 0 radical (unpaired) electrons. The first-order valence-corrected chi connectivity index (χ1v) is 3.38. The molecule has 0 aromatic rings. The van der Waals surface area contributed by atoms with E-state index in [1.807, 2.05) is 0 Å². The highest BCUT2D eigenvalue weighted by Gasteiger charge is 2.23. The summed E-state index contributed by atoms with van der Waals surface area (Å²) in [6.07, 6.45) is -1.12. The van der Waals surface area contributed by atoms with Gasteiger partial charge in [-0.3, -0.25) is 0 Å². The molecule has 0 aromatic carbocycles. The van der Waals surface area contributed by atoms with E-state index in [-0.39, 0.29) is 0 Å². The Bertz CT molecular complexity index is 136. The van der Waals surface area contributed by atoms with Crippen LogP contribution in [0.15, 0.2) is 0 Å². The predicted octanol–water partition coefficient (Wildman–Crippen LogP) is 0.247. The number of carboxylic acids is 1. The molecule has 0 spiro atoms. The lowest BCUT2D eigenvalue weighted by Crippen LogP contribution is -2.35. The van der Waals surface area contributed by atoms with Gasteiger partial charge in [-0.25, -0.2) is 4.79 Å². The molecule has 0 fully saturated rings. The van der Waals surface area contributed by atoms with Crippen molar-refractivity contribution >= 4 is 5.97 Å². The molecule has 0 rings (SSSR count). The molecule has 0 amide bonds. The Hall–Kier alpha value is -0.610. The zero-order valence-corrected chi connectivity index (χ0v) is 7.00. The monoisotopic (exact) mass is 162 g/mol. The molecule has 0 saturated carbocycles. The van der Waals surface area contributed by atoms with Gasteiger partial charge >= 0.3 is 5.97 Å². The van der Waals surface area contributed by atoms with E-state index in [1.54, 1.807) is 20.8 Å². The number of carboxylic acid groups (broad SMARTS) is 1. The van der Waals surface area contributed by atoms with Gasteiger partial charge in [0.2, 0.25) is 0 Å². The fourth-order valence-corrected chi connectivity index (χ4v) is 0.593. The van der Waals surface area contributed by atoms with E-state index in [0.29, 0.717) is 0 Å². The van der Waals surface area contributed by atoms with Crippen LogP contribution in [0.25, 0.3) is 0 Å². The van der Waals surface area contributed by atoms with Gasteiger partial charge in [0, 0.05) is 0 Å². The number of rotatable bonds is 3. The molecule has 4 heteroatoms. The van der Waals surface area contributed by atoms with Crippen molar-refractivity contribution in [3.63, 3.8) is 0 Å². The summed E-state index contributed by atoms with van der Waals surface area (Å²) in [4.78, 5) is 10.3. The molecule has 11 heavy (non-hydrogen) atoms. The van der Waals surface area contributed by atoms with Crippen molar-refractivity contribution in [2.75, 3.05) is 6.61 Å². The molecule has 0 bridgehead atoms. The fourth-order valence-electron chi connectivity index (χ4n) is 0.593. The minimum absolute atomic E-state index is 0.493. The predicted molar refractivity (Wildman–Crippen MR) is 39.3 cm³/mol. The number of aliphatic hydroxyl groups is 1. The fraction of sp³-hybridized carbons (Fsp3) is 0.857. The van der Waals surface area contributed by atoms with Crippen molar-refractivity contribution in [1.29, 1.82) is 0 Å². The number of hydrogen-bond acceptors (Lipinski definition) is 3. The number of aliphatic carboxylic acids is 1. The maximum atomic E-state index is 10.3. The highest BCUT2D eigenvalue weighted by Crippen LogP contribution is 2.10. The van der Waals surface area contributed by atoms with E-state index >= 15 is 0 Å². The molecular formula is C7H14O4. The molecule has 0 saturated heterocycles. The third-order valence-electron chi connectivity index (χ3n) is 0.937. The van der Waals surface area contributed by atoms with Crippen LogP contribution in [0, 0.1) is 0 Å². The van der Waals surface area contributed by atoms with Crippen LogP contribution in [0.5, 0.6) is 0 Å².